The van der Waals surface area contributed by atoms with Gasteiger partial charge in [-0.2, -0.15) is 5.10 Å². The highest BCUT2D eigenvalue weighted by Crippen LogP contribution is 2.22. The standard InChI is InChI=1S/C21H20ClN3O2/c22-18-7-3-15(4-8-18)17-12-24-25(14-17)19-9-5-16(6-10-19)21(26)23-13-20-2-1-11-27-20/h3-10,12,14,20H,1-2,11,13H2,(H,23,26). The van der Waals surface area contributed by atoms with Gasteiger partial charge in [-0.1, -0.05) is 23.7 Å². The van der Waals surface area contributed by atoms with Gasteiger partial charge >= 0.3 is 0 Å². The Morgan fingerprint density at radius 3 is 2.63 bits per heavy atom. The van der Waals surface area contributed by atoms with Crippen LogP contribution < -0.4 is 5.32 Å². The SMILES string of the molecule is O=C(NCC1CCCO1)c1ccc(-n2cc(-c3ccc(Cl)cc3)cn2)cc1. The number of halogens is 1. The molecule has 0 spiro atoms. The van der Waals surface area contributed by atoms with Gasteiger partial charge in [0.2, 0.25) is 0 Å². The van der Waals surface area contributed by atoms with Crippen LogP contribution >= 0.6 is 11.6 Å². The summed E-state index contributed by atoms with van der Waals surface area (Å²) in [6.07, 6.45) is 5.98. The maximum atomic E-state index is 12.3. The zero-order valence-corrected chi connectivity index (χ0v) is 15.5. The second-order valence-corrected chi connectivity index (χ2v) is 7.01. The molecule has 138 valence electrons. The summed E-state index contributed by atoms with van der Waals surface area (Å²) in [4.78, 5) is 12.3. The van der Waals surface area contributed by atoms with E-state index >= 15 is 0 Å². The number of benzene rings is 2. The number of hydrogen-bond acceptors (Lipinski definition) is 3. The Kier molecular flexibility index (Phi) is 5.23. The fraction of sp³-hybridized carbons (Fsp3) is 0.238. The smallest absolute Gasteiger partial charge is 0.251 e. The number of rotatable bonds is 5. The highest BCUT2D eigenvalue weighted by molar-refractivity contribution is 6.30. The highest BCUT2D eigenvalue weighted by atomic mass is 35.5. The van der Waals surface area contributed by atoms with Crippen LogP contribution in [0.3, 0.4) is 0 Å². The third-order valence-corrected chi connectivity index (χ3v) is 4.92. The monoisotopic (exact) mass is 381 g/mol. The molecular weight excluding hydrogens is 362 g/mol. The van der Waals surface area contributed by atoms with Crippen LogP contribution in [-0.4, -0.2) is 34.9 Å². The lowest BCUT2D eigenvalue weighted by Gasteiger charge is -2.11. The molecule has 1 unspecified atom stereocenters. The van der Waals surface area contributed by atoms with Crippen molar-refractivity contribution in [3.8, 4) is 16.8 Å². The number of carbonyl (C=O) groups is 1. The molecule has 1 atom stereocenters. The van der Waals surface area contributed by atoms with Crippen LogP contribution in [0.2, 0.25) is 5.02 Å². The van der Waals surface area contributed by atoms with E-state index in [9.17, 15) is 4.79 Å². The Bertz CT molecular complexity index is 913. The zero-order valence-electron chi connectivity index (χ0n) is 14.8. The molecule has 3 aromatic rings. The van der Waals surface area contributed by atoms with Crippen molar-refractivity contribution in [2.24, 2.45) is 0 Å². The summed E-state index contributed by atoms with van der Waals surface area (Å²) in [7, 11) is 0. The zero-order chi connectivity index (χ0) is 18.6. The summed E-state index contributed by atoms with van der Waals surface area (Å²) >= 11 is 5.94. The maximum absolute atomic E-state index is 12.3. The fourth-order valence-electron chi connectivity index (χ4n) is 3.13. The van der Waals surface area contributed by atoms with E-state index in [1.54, 1.807) is 4.68 Å². The topological polar surface area (TPSA) is 56.1 Å². The van der Waals surface area contributed by atoms with Gasteiger partial charge in [0.1, 0.15) is 0 Å². The van der Waals surface area contributed by atoms with Gasteiger partial charge in [0.05, 0.1) is 18.0 Å². The molecule has 5 nitrogen and oxygen atoms in total. The molecule has 2 heterocycles. The summed E-state index contributed by atoms with van der Waals surface area (Å²) in [6.45, 7) is 1.35. The molecule has 4 rings (SSSR count). The summed E-state index contributed by atoms with van der Waals surface area (Å²) in [5, 5.41) is 8.06. The van der Waals surface area contributed by atoms with Gasteiger partial charge in [-0.25, -0.2) is 4.68 Å². The number of ether oxygens (including phenoxy) is 1. The third kappa shape index (κ3) is 4.21. The van der Waals surface area contributed by atoms with Crippen LogP contribution in [0.1, 0.15) is 23.2 Å². The van der Waals surface area contributed by atoms with E-state index in [0.29, 0.717) is 17.1 Å². The minimum absolute atomic E-state index is 0.0839. The second-order valence-electron chi connectivity index (χ2n) is 6.57. The lowest BCUT2D eigenvalue weighted by molar-refractivity contribution is 0.0858. The lowest BCUT2D eigenvalue weighted by atomic mass is 10.1. The van der Waals surface area contributed by atoms with Crippen molar-refractivity contribution >= 4 is 17.5 Å². The van der Waals surface area contributed by atoms with Crippen LogP contribution in [0.15, 0.2) is 60.9 Å². The lowest BCUT2D eigenvalue weighted by Crippen LogP contribution is -2.31. The van der Waals surface area contributed by atoms with Gasteiger partial charge in [-0.15, -0.1) is 0 Å². The van der Waals surface area contributed by atoms with Crippen molar-refractivity contribution in [2.75, 3.05) is 13.2 Å². The Morgan fingerprint density at radius 2 is 1.93 bits per heavy atom. The minimum atomic E-state index is -0.0839. The van der Waals surface area contributed by atoms with Crippen LogP contribution in [0.5, 0.6) is 0 Å². The van der Waals surface area contributed by atoms with Crippen molar-refractivity contribution in [1.82, 2.24) is 15.1 Å². The molecule has 0 radical (unpaired) electrons. The quantitative estimate of drug-likeness (QED) is 0.723. The van der Waals surface area contributed by atoms with E-state index in [1.807, 2.05) is 60.9 Å². The van der Waals surface area contributed by atoms with E-state index in [4.69, 9.17) is 16.3 Å². The number of nitrogens with zero attached hydrogens (tertiary/aromatic N) is 2. The van der Waals surface area contributed by atoms with Gasteiger partial charge in [0, 0.05) is 35.5 Å². The second kappa shape index (κ2) is 7.94. The van der Waals surface area contributed by atoms with E-state index in [0.717, 1.165) is 36.3 Å². The molecule has 2 aromatic carbocycles. The number of hydrogen-bond donors (Lipinski definition) is 1. The predicted molar refractivity (Wildman–Crippen MR) is 105 cm³/mol. The third-order valence-electron chi connectivity index (χ3n) is 4.67. The first kappa shape index (κ1) is 17.8. The Balaban J connectivity index is 1.42. The Morgan fingerprint density at radius 1 is 1.15 bits per heavy atom. The van der Waals surface area contributed by atoms with E-state index in [-0.39, 0.29) is 12.0 Å². The van der Waals surface area contributed by atoms with Crippen molar-refractivity contribution in [3.63, 3.8) is 0 Å². The highest BCUT2D eigenvalue weighted by Gasteiger charge is 2.16. The van der Waals surface area contributed by atoms with Crippen LogP contribution in [0, 0.1) is 0 Å². The normalized spacial score (nSPS) is 16.4. The Labute approximate surface area is 162 Å². The average molecular weight is 382 g/mol. The maximum Gasteiger partial charge on any atom is 0.251 e. The summed E-state index contributed by atoms with van der Waals surface area (Å²) in [6, 6.07) is 15.0. The van der Waals surface area contributed by atoms with Gasteiger partial charge in [-0.05, 0) is 54.8 Å². The van der Waals surface area contributed by atoms with Gasteiger partial charge in [-0.3, -0.25) is 4.79 Å². The van der Waals surface area contributed by atoms with E-state index in [1.165, 1.54) is 0 Å². The molecule has 0 saturated carbocycles. The van der Waals surface area contributed by atoms with Crippen molar-refractivity contribution < 1.29 is 9.53 Å². The molecular formula is C21H20ClN3O2. The molecule has 1 aliphatic rings. The Hall–Kier alpha value is -2.63. The molecule has 6 heteroatoms. The van der Waals surface area contributed by atoms with Crippen LogP contribution in [0.25, 0.3) is 16.8 Å². The van der Waals surface area contributed by atoms with Crippen LogP contribution in [0.4, 0.5) is 0 Å². The molecule has 27 heavy (non-hydrogen) atoms. The molecule has 1 amide bonds. The van der Waals surface area contributed by atoms with E-state index < -0.39 is 0 Å². The largest absolute Gasteiger partial charge is 0.376 e. The number of aromatic nitrogens is 2. The minimum Gasteiger partial charge on any atom is -0.376 e. The summed E-state index contributed by atoms with van der Waals surface area (Å²) in [5.41, 5.74) is 3.58. The first-order valence-corrected chi connectivity index (χ1v) is 9.38. The number of amides is 1. The first-order valence-electron chi connectivity index (χ1n) is 9.00. The molecule has 1 N–H and O–H groups in total. The van der Waals surface area contributed by atoms with E-state index in [2.05, 4.69) is 10.4 Å². The van der Waals surface area contributed by atoms with Gasteiger partial charge in [0.15, 0.2) is 0 Å². The van der Waals surface area contributed by atoms with Crippen molar-refractivity contribution in [3.05, 3.63) is 71.5 Å². The van der Waals surface area contributed by atoms with Gasteiger partial charge < -0.3 is 10.1 Å². The molecule has 1 aromatic heterocycles. The van der Waals surface area contributed by atoms with Crippen molar-refractivity contribution in [1.29, 1.82) is 0 Å². The molecule has 0 aliphatic carbocycles. The molecule has 1 saturated heterocycles. The fourth-order valence-corrected chi connectivity index (χ4v) is 3.26. The summed E-state index contributed by atoms with van der Waals surface area (Å²) < 4.78 is 7.32. The molecule has 1 aliphatic heterocycles. The predicted octanol–water partition coefficient (Wildman–Crippen LogP) is 4.10. The number of nitrogens with one attached hydrogen (secondary N) is 1. The molecule has 1 fully saturated rings. The van der Waals surface area contributed by atoms with Gasteiger partial charge in [0.25, 0.3) is 5.91 Å². The first-order chi connectivity index (χ1) is 13.2. The number of carbonyl (C=O) groups excluding carboxylic acids is 1. The molecule has 0 bridgehead atoms. The average Bonchev–Trinajstić information content (AvgIpc) is 3.39. The summed E-state index contributed by atoms with van der Waals surface area (Å²) in [5.74, 6) is -0.0839. The van der Waals surface area contributed by atoms with Crippen molar-refractivity contribution in [2.45, 2.75) is 18.9 Å². The van der Waals surface area contributed by atoms with Crippen LogP contribution in [-0.2, 0) is 4.74 Å².